The lowest BCUT2D eigenvalue weighted by Crippen LogP contribution is -2.24. The molecule has 0 unspecified atom stereocenters. The highest BCUT2D eigenvalue weighted by Crippen LogP contribution is 2.37. The number of hydrogen-bond donors (Lipinski definition) is 1. The molecule has 0 aliphatic heterocycles. The number of rotatable bonds is 5. The Kier molecular flexibility index (Phi) is 6.30. The minimum Gasteiger partial charge on any atom is -0.459 e. The molecule has 1 amide bonds. The summed E-state index contributed by atoms with van der Waals surface area (Å²) >= 11 is 2.23. The molecule has 156 valence electrons. The highest BCUT2D eigenvalue weighted by molar-refractivity contribution is 14.1. The lowest BCUT2D eigenvalue weighted by Gasteiger charge is -2.19. The maximum atomic E-state index is 12.5. The van der Waals surface area contributed by atoms with E-state index in [1.807, 2.05) is 45.9 Å². The monoisotopic (exact) mass is 517 g/mol. The molecule has 0 saturated carbocycles. The van der Waals surface area contributed by atoms with Gasteiger partial charge in [-0.15, -0.1) is 0 Å². The van der Waals surface area contributed by atoms with Crippen LogP contribution in [-0.4, -0.2) is 35.0 Å². The molecule has 0 atom stereocenters. The van der Waals surface area contributed by atoms with E-state index in [4.69, 9.17) is 4.74 Å². The second-order valence-electron chi connectivity index (χ2n) is 7.39. The normalized spacial score (nSPS) is 11.0. The number of anilines is 1. The molecule has 0 spiro atoms. The Bertz CT molecular complexity index is 1160. The van der Waals surface area contributed by atoms with Crippen LogP contribution >= 0.6 is 22.6 Å². The van der Waals surface area contributed by atoms with Gasteiger partial charge in [-0.05, 0) is 79.1 Å². The number of carbonyl (C=O) groups excluding carboxylic acids is 2. The molecule has 0 saturated heterocycles. The molecule has 30 heavy (non-hydrogen) atoms. The van der Waals surface area contributed by atoms with Crippen LogP contribution in [0.3, 0.4) is 0 Å². The molecule has 2 aromatic heterocycles. The molecule has 0 radical (unpaired) electrons. The van der Waals surface area contributed by atoms with Crippen molar-refractivity contribution in [3.05, 3.63) is 57.4 Å². The SMILES string of the molecule is C=CC(=O)N(C)c1cc(-c2c(I)[nH]c3ncc(C(=O)OC(C)C)c(C)c23)ccc1C. The molecule has 0 fully saturated rings. The summed E-state index contributed by atoms with van der Waals surface area (Å²) in [6.45, 7) is 11.1. The number of amides is 1. The van der Waals surface area contributed by atoms with E-state index in [0.29, 0.717) is 11.2 Å². The molecule has 3 rings (SSSR count). The molecule has 3 aromatic rings. The number of hydrogen-bond acceptors (Lipinski definition) is 4. The molecule has 0 bridgehead atoms. The number of nitrogens with one attached hydrogen (secondary N) is 1. The number of likely N-dealkylation sites (N-methyl/N-ethyl adjacent to an activating group) is 1. The molecule has 1 N–H and O–H groups in total. The number of pyridine rings is 1. The zero-order valence-electron chi connectivity index (χ0n) is 17.7. The largest absolute Gasteiger partial charge is 0.459 e. The molecule has 0 aliphatic rings. The number of aryl methyl sites for hydroxylation is 2. The Morgan fingerprint density at radius 2 is 2.00 bits per heavy atom. The molecule has 2 heterocycles. The number of fused-ring (bicyclic) bond motifs is 1. The van der Waals surface area contributed by atoms with Gasteiger partial charge in [0.05, 0.1) is 15.4 Å². The summed E-state index contributed by atoms with van der Waals surface area (Å²) in [5.41, 5.74) is 5.58. The number of carbonyl (C=O) groups is 2. The third kappa shape index (κ3) is 3.98. The van der Waals surface area contributed by atoms with E-state index in [2.05, 4.69) is 39.1 Å². The van der Waals surface area contributed by atoms with E-state index in [9.17, 15) is 9.59 Å². The average Bonchev–Trinajstić information content (AvgIpc) is 3.03. The first kappa shape index (κ1) is 22.0. The number of aromatic nitrogens is 2. The van der Waals surface area contributed by atoms with Gasteiger partial charge in [0, 0.05) is 29.9 Å². The lowest BCUT2D eigenvalue weighted by atomic mass is 9.98. The number of benzene rings is 1. The van der Waals surface area contributed by atoms with E-state index in [0.717, 1.165) is 37.0 Å². The Labute approximate surface area is 189 Å². The quantitative estimate of drug-likeness (QED) is 0.288. The first-order valence-electron chi connectivity index (χ1n) is 9.54. The summed E-state index contributed by atoms with van der Waals surface area (Å²) < 4.78 is 6.28. The Morgan fingerprint density at radius 3 is 2.63 bits per heavy atom. The second kappa shape index (κ2) is 8.59. The van der Waals surface area contributed by atoms with E-state index >= 15 is 0 Å². The van der Waals surface area contributed by atoms with Gasteiger partial charge in [-0.25, -0.2) is 9.78 Å². The van der Waals surface area contributed by atoms with Gasteiger partial charge in [-0.2, -0.15) is 0 Å². The van der Waals surface area contributed by atoms with Crippen molar-refractivity contribution in [2.75, 3.05) is 11.9 Å². The summed E-state index contributed by atoms with van der Waals surface area (Å²) in [5, 5.41) is 0.866. The molecule has 7 heteroatoms. The van der Waals surface area contributed by atoms with Crippen molar-refractivity contribution < 1.29 is 14.3 Å². The molecular weight excluding hydrogens is 493 g/mol. The zero-order chi connectivity index (χ0) is 22.2. The number of ether oxygens (including phenoxy) is 1. The van der Waals surface area contributed by atoms with Crippen LogP contribution in [0.25, 0.3) is 22.2 Å². The maximum absolute atomic E-state index is 12.5. The van der Waals surface area contributed by atoms with Crippen molar-refractivity contribution in [1.29, 1.82) is 0 Å². The maximum Gasteiger partial charge on any atom is 0.340 e. The topological polar surface area (TPSA) is 75.3 Å². The fourth-order valence-electron chi connectivity index (χ4n) is 3.42. The van der Waals surface area contributed by atoms with Crippen LogP contribution in [0.1, 0.15) is 35.3 Å². The van der Waals surface area contributed by atoms with Crippen molar-refractivity contribution >= 4 is 51.2 Å². The summed E-state index contributed by atoms with van der Waals surface area (Å²) in [4.78, 5) is 34.0. The van der Waals surface area contributed by atoms with Crippen LogP contribution in [0.5, 0.6) is 0 Å². The van der Waals surface area contributed by atoms with Crippen LogP contribution < -0.4 is 4.90 Å². The van der Waals surface area contributed by atoms with Crippen molar-refractivity contribution in [3.63, 3.8) is 0 Å². The smallest absolute Gasteiger partial charge is 0.340 e. The minimum absolute atomic E-state index is 0.180. The van der Waals surface area contributed by atoms with Gasteiger partial charge in [0.1, 0.15) is 5.65 Å². The first-order valence-corrected chi connectivity index (χ1v) is 10.6. The van der Waals surface area contributed by atoms with E-state index in [-0.39, 0.29) is 18.0 Å². The third-order valence-electron chi connectivity index (χ3n) is 4.96. The van der Waals surface area contributed by atoms with Gasteiger partial charge in [0.25, 0.3) is 0 Å². The number of nitrogens with zero attached hydrogens (tertiary/aromatic N) is 2. The first-order chi connectivity index (χ1) is 14.1. The van der Waals surface area contributed by atoms with Gasteiger partial charge < -0.3 is 14.6 Å². The third-order valence-corrected chi connectivity index (χ3v) is 5.77. The number of H-pyrrole nitrogens is 1. The highest BCUT2D eigenvalue weighted by atomic mass is 127. The molecular formula is C23H24IN3O3. The Morgan fingerprint density at radius 1 is 1.30 bits per heavy atom. The minimum atomic E-state index is -0.389. The molecule has 1 aromatic carbocycles. The summed E-state index contributed by atoms with van der Waals surface area (Å²) in [7, 11) is 1.73. The van der Waals surface area contributed by atoms with Crippen molar-refractivity contribution in [1.82, 2.24) is 9.97 Å². The van der Waals surface area contributed by atoms with E-state index in [1.165, 1.54) is 6.08 Å². The van der Waals surface area contributed by atoms with Gasteiger partial charge >= 0.3 is 5.97 Å². The van der Waals surface area contributed by atoms with Crippen LogP contribution in [0.15, 0.2) is 37.1 Å². The van der Waals surface area contributed by atoms with Crippen LogP contribution in [-0.2, 0) is 9.53 Å². The lowest BCUT2D eigenvalue weighted by molar-refractivity contribution is -0.113. The van der Waals surface area contributed by atoms with Crippen molar-refractivity contribution in [2.24, 2.45) is 0 Å². The van der Waals surface area contributed by atoms with Crippen molar-refractivity contribution in [2.45, 2.75) is 33.8 Å². The number of esters is 1. The van der Waals surface area contributed by atoms with Crippen LogP contribution in [0.4, 0.5) is 5.69 Å². The predicted octanol–water partition coefficient (Wildman–Crippen LogP) is 5.17. The van der Waals surface area contributed by atoms with E-state index in [1.54, 1.807) is 18.1 Å². The fourth-order valence-corrected chi connectivity index (χ4v) is 4.25. The molecule has 0 aliphatic carbocycles. The summed E-state index contributed by atoms with van der Waals surface area (Å²) in [5.74, 6) is -0.569. The molecule has 6 nitrogen and oxygen atoms in total. The van der Waals surface area contributed by atoms with Gasteiger partial charge in [0.15, 0.2) is 0 Å². The van der Waals surface area contributed by atoms with Gasteiger partial charge in [-0.1, -0.05) is 18.7 Å². The van der Waals surface area contributed by atoms with Crippen LogP contribution in [0, 0.1) is 17.5 Å². The van der Waals surface area contributed by atoms with E-state index < -0.39 is 0 Å². The fraction of sp³-hybridized carbons (Fsp3) is 0.261. The number of aromatic amines is 1. The average molecular weight is 517 g/mol. The van der Waals surface area contributed by atoms with Crippen LogP contribution in [0.2, 0.25) is 0 Å². The summed E-state index contributed by atoms with van der Waals surface area (Å²) in [6.07, 6.45) is 2.63. The predicted molar refractivity (Wildman–Crippen MR) is 128 cm³/mol. The highest BCUT2D eigenvalue weighted by Gasteiger charge is 2.22. The van der Waals surface area contributed by atoms with Crippen molar-refractivity contribution in [3.8, 4) is 11.1 Å². The second-order valence-corrected chi connectivity index (χ2v) is 8.47. The summed E-state index contributed by atoms with van der Waals surface area (Å²) in [6, 6.07) is 5.96. The Hall–Kier alpha value is -2.68. The zero-order valence-corrected chi connectivity index (χ0v) is 19.8. The standard InChI is InChI=1S/C23H24IN3O3/c1-7-18(28)27(6)17-10-15(9-8-13(17)4)20-19-14(5)16(23(29)30-12(2)3)11-25-22(19)26-21(20)24/h7-12H,1H2,2-6H3,(H,25,26). The Balaban J connectivity index is 2.21. The van der Waals surface area contributed by atoms with Gasteiger partial charge in [-0.3, -0.25) is 4.79 Å². The van der Waals surface area contributed by atoms with Gasteiger partial charge in [0.2, 0.25) is 5.91 Å². The number of halogens is 1.